The molecule has 2 heteroatoms. The highest BCUT2D eigenvalue weighted by Gasteiger charge is 2.30. The van der Waals surface area contributed by atoms with Crippen LogP contribution >= 0.6 is 0 Å². The molecule has 0 bridgehead atoms. The van der Waals surface area contributed by atoms with Gasteiger partial charge < -0.3 is 10.1 Å². The van der Waals surface area contributed by atoms with Crippen molar-refractivity contribution in [2.24, 2.45) is 0 Å². The highest BCUT2D eigenvalue weighted by Crippen LogP contribution is 2.27. The van der Waals surface area contributed by atoms with E-state index < -0.39 is 0 Å². The van der Waals surface area contributed by atoms with Crippen molar-refractivity contribution in [1.82, 2.24) is 5.32 Å². The van der Waals surface area contributed by atoms with Gasteiger partial charge in [0.25, 0.3) is 0 Å². The van der Waals surface area contributed by atoms with E-state index in [1.165, 1.54) is 50.5 Å². The molecule has 0 aliphatic heterocycles. The summed E-state index contributed by atoms with van der Waals surface area (Å²) in [5, 5.41) is 3.31. The van der Waals surface area contributed by atoms with Gasteiger partial charge in [0.15, 0.2) is 0 Å². The van der Waals surface area contributed by atoms with Crippen LogP contribution in [0.1, 0.15) is 65.2 Å². The van der Waals surface area contributed by atoms with Crippen LogP contribution in [-0.4, -0.2) is 25.3 Å². The molecule has 1 aliphatic carbocycles. The van der Waals surface area contributed by atoms with E-state index in [0.29, 0.717) is 18.2 Å². The molecule has 1 saturated carbocycles. The van der Waals surface area contributed by atoms with Gasteiger partial charge in [0, 0.05) is 6.04 Å². The van der Waals surface area contributed by atoms with E-state index in [1.54, 1.807) is 0 Å². The molecule has 2 nitrogen and oxygen atoms in total. The fourth-order valence-electron chi connectivity index (χ4n) is 2.54. The molecule has 0 aromatic heterocycles. The normalized spacial score (nSPS) is 24.6. The standard InChI is InChI=1S/C16H31NO/c1-5-8-15(10-7-9-13(3)6-2)18-16-11-14(12-16)17-4/h14-17H,3,5-12H2,1-2,4H3/t14-,15?,16-. The molecule has 0 aromatic carbocycles. The van der Waals surface area contributed by atoms with Crippen molar-refractivity contribution in [2.45, 2.75) is 83.5 Å². The van der Waals surface area contributed by atoms with Gasteiger partial charge in [-0.3, -0.25) is 0 Å². The topological polar surface area (TPSA) is 21.3 Å². The Labute approximate surface area is 113 Å². The molecule has 0 spiro atoms. The molecule has 1 unspecified atom stereocenters. The average Bonchev–Trinajstić information content (AvgIpc) is 2.32. The number of rotatable bonds is 10. The predicted octanol–water partition coefficient (Wildman–Crippen LogP) is 4.06. The SMILES string of the molecule is C=C(CC)CCCC(CCC)O[C@H]1C[C@H](NC)C1. The minimum absolute atomic E-state index is 0.475. The van der Waals surface area contributed by atoms with Crippen LogP contribution in [0.5, 0.6) is 0 Å². The minimum atomic E-state index is 0.475. The number of nitrogens with one attached hydrogen (secondary N) is 1. The molecule has 1 atom stereocenters. The van der Waals surface area contributed by atoms with Gasteiger partial charge in [0.2, 0.25) is 0 Å². The molecule has 106 valence electrons. The van der Waals surface area contributed by atoms with E-state index in [2.05, 4.69) is 25.7 Å². The van der Waals surface area contributed by atoms with Crippen molar-refractivity contribution < 1.29 is 4.74 Å². The molecule has 0 radical (unpaired) electrons. The van der Waals surface area contributed by atoms with Gasteiger partial charge in [-0.15, -0.1) is 0 Å². The Morgan fingerprint density at radius 3 is 2.61 bits per heavy atom. The lowest BCUT2D eigenvalue weighted by Crippen LogP contribution is -2.45. The van der Waals surface area contributed by atoms with Crippen LogP contribution in [-0.2, 0) is 4.74 Å². The summed E-state index contributed by atoms with van der Waals surface area (Å²) in [5.74, 6) is 0. The zero-order chi connectivity index (χ0) is 13.4. The lowest BCUT2D eigenvalue weighted by atomic mass is 9.89. The van der Waals surface area contributed by atoms with E-state index in [1.807, 2.05) is 7.05 Å². The van der Waals surface area contributed by atoms with Crippen LogP contribution in [0.3, 0.4) is 0 Å². The van der Waals surface area contributed by atoms with Gasteiger partial charge in [-0.05, 0) is 52.0 Å². The van der Waals surface area contributed by atoms with Crippen molar-refractivity contribution in [3.05, 3.63) is 12.2 Å². The van der Waals surface area contributed by atoms with Gasteiger partial charge in [0.05, 0.1) is 12.2 Å². The lowest BCUT2D eigenvalue weighted by molar-refractivity contribution is -0.0698. The van der Waals surface area contributed by atoms with E-state index in [9.17, 15) is 0 Å². The lowest BCUT2D eigenvalue weighted by Gasteiger charge is -2.37. The third-order valence-electron chi connectivity index (χ3n) is 4.06. The fourth-order valence-corrected chi connectivity index (χ4v) is 2.54. The highest BCUT2D eigenvalue weighted by molar-refractivity contribution is 4.92. The predicted molar refractivity (Wildman–Crippen MR) is 78.9 cm³/mol. The average molecular weight is 253 g/mol. The summed E-state index contributed by atoms with van der Waals surface area (Å²) < 4.78 is 6.20. The van der Waals surface area contributed by atoms with Crippen molar-refractivity contribution >= 4 is 0 Å². The molecule has 1 rings (SSSR count). The van der Waals surface area contributed by atoms with Gasteiger partial charge >= 0.3 is 0 Å². The van der Waals surface area contributed by atoms with E-state index in [0.717, 1.165) is 6.42 Å². The summed E-state index contributed by atoms with van der Waals surface area (Å²) in [6, 6.07) is 0.692. The summed E-state index contributed by atoms with van der Waals surface area (Å²) in [4.78, 5) is 0. The van der Waals surface area contributed by atoms with Crippen LogP contribution in [0.4, 0.5) is 0 Å². The zero-order valence-electron chi connectivity index (χ0n) is 12.5. The molecular weight excluding hydrogens is 222 g/mol. The van der Waals surface area contributed by atoms with Crippen molar-refractivity contribution in [2.75, 3.05) is 7.05 Å². The third kappa shape index (κ3) is 5.53. The Balaban J connectivity index is 2.17. The maximum atomic E-state index is 6.20. The van der Waals surface area contributed by atoms with Crippen molar-refractivity contribution in [3.8, 4) is 0 Å². The van der Waals surface area contributed by atoms with Crippen LogP contribution in [0.25, 0.3) is 0 Å². The summed E-state index contributed by atoms with van der Waals surface area (Å²) in [6.07, 6.45) is 10.5. The van der Waals surface area contributed by atoms with Crippen LogP contribution < -0.4 is 5.32 Å². The molecule has 1 N–H and O–H groups in total. The molecule has 0 saturated heterocycles. The quantitative estimate of drug-likeness (QED) is 0.593. The van der Waals surface area contributed by atoms with E-state index in [-0.39, 0.29) is 0 Å². The van der Waals surface area contributed by atoms with Gasteiger partial charge in [-0.25, -0.2) is 0 Å². The first kappa shape index (κ1) is 15.7. The first-order valence-corrected chi connectivity index (χ1v) is 7.68. The Morgan fingerprint density at radius 2 is 2.06 bits per heavy atom. The number of ether oxygens (including phenoxy) is 1. The van der Waals surface area contributed by atoms with Crippen molar-refractivity contribution in [1.29, 1.82) is 0 Å². The van der Waals surface area contributed by atoms with Gasteiger partial charge in [-0.1, -0.05) is 32.4 Å². The smallest absolute Gasteiger partial charge is 0.0608 e. The number of allylic oxidation sites excluding steroid dienone is 1. The number of hydrogen-bond donors (Lipinski definition) is 1. The number of hydrogen-bond acceptors (Lipinski definition) is 2. The summed E-state index contributed by atoms with van der Waals surface area (Å²) in [5.41, 5.74) is 1.38. The maximum absolute atomic E-state index is 6.20. The van der Waals surface area contributed by atoms with Crippen molar-refractivity contribution in [3.63, 3.8) is 0 Å². The third-order valence-corrected chi connectivity index (χ3v) is 4.06. The maximum Gasteiger partial charge on any atom is 0.0608 e. The largest absolute Gasteiger partial charge is 0.375 e. The van der Waals surface area contributed by atoms with E-state index >= 15 is 0 Å². The van der Waals surface area contributed by atoms with Gasteiger partial charge in [-0.2, -0.15) is 0 Å². The molecule has 1 fully saturated rings. The molecule has 1 aliphatic rings. The monoisotopic (exact) mass is 253 g/mol. The Kier molecular flexibility index (Phi) is 7.60. The minimum Gasteiger partial charge on any atom is -0.375 e. The summed E-state index contributed by atoms with van der Waals surface area (Å²) in [6.45, 7) is 8.51. The van der Waals surface area contributed by atoms with Crippen LogP contribution in [0.2, 0.25) is 0 Å². The van der Waals surface area contributed by atoms with Gasteiger partial charge in [0.1, 0.15) is 0 Å². The molecule has 0 heterocycles. The molecular formula is C16H31NO. The summed E-state index contributed by atoms with van der Waals surface area (Å²) in [7, 11) is 2.04. The zero-order valence-corrected chi connectivity index (χ0v) is 12.5. The second-order valence-electron chi connectivity index (χ2n) is 5.62. The van der Waals surface area contributed by atoms with Crippen LogP contribution in [0, 0.1) is 0 Å². The van der Waals surface area contributed by atoms with E-state index in [4.69, 9.17) is 4.74 Å². The highest BCUT2D eigenvalue weighted by atomic mass is 16.5. The Morgan fingerprint density at radius 1 is 1.33 bits per heavy atom. The molecule has 0 amide bonds. The first-order valence-electron chi connectivity index (χ1n) is 7.68. The Bertz CT molecular complexity index is 233. The second kappa shape index (κ2) is 8.71. The second-order valence-corrected chi connectivity index (χ2v) is 5.62. The molecule has 0 aromatic rings. The molecule has 18 heavy (non-hydrogen) atoms. The Hall–Kier alpha value is -0.340. The first-order chi connectivity index (χ1) is 8.69. The summed E-state index contributed by atoms with van der Waals surface area (Å²) >= 11 is 0. The van der Waals surface area contributed by atoms with Crippen LogP contribution in [0.15, 0.2) is 12.2 Å². The fraction of sp³-hybridized carbons (Fsp3) is 0.875.